The molecule has 1 saturated heterocycles. The molecule has 0 radical (unpaired) electrons. The van der Waals surface area contributed by atoms with Gasteiger partial charge in [-0.1, -0.05) is 64.5 Å². The van der Waals surface area contributed by atoms with Crippen LogP contribution in [0.5, 0.6) is 0 Å². The Bertz CT molecular complexity index is 2460. The number of carbonyl (C=O) groups excluding carboxylic acids is 7. The molecule has 2 aromatic carbocycles. The lowest BCUT2D eigenvalue weighted by atomic mass is 10.0. The van der Waals surface area contributed by atoms with Crippen molar-refractivity contribution in [3.05, 3.63) is 71.9 Å². The van der Waals surface area contributed by atoms with Gasteiger partial charge in [0.2, 0.25) is 41.4 Å². The number of aromatic nitrogens is 1. The number of carboxylic acid groups (broad SMARTS) is 1. The quantitative estimate of drug-likeness (QED) is 0.0119. The summed E-state index contributed by atoms with van der Waals surface area (Å²) in [7, 11) is 0. The third kappa shape index (κ3) is 18.5. The van der Waals surface area contributed by atoms with Crippen molar-refractivity contribution in [3.63, 3.8) is 0 Å². The Morgan fingerprint density at radius 3 is 1.97 bits per heavy atom. The number of thiol groups is 2. The Kier molecular flexibility index (Phi) is 23.6. The first kappa shape index (κ1) is 59.0. The van der Waals surface area contributed by atoms with E-state index in [4.69, 9.17) is 28.7 Å². The first-order valence-electron chi connectivity index (χ1n) is 23.4. The van der Waals surface area contributed by atoms with E-state index in [0.29, 0.717) is 24.0 Å². The third-order valence-electron chi connectivity index (χ3n) is 11.7. The maximum absolute atomic E-state index is 14.6. The van der Waals surface area contributed by atoms with Crippen molar-refractivity contribution in [1.82, 2.24) is 41.8 Å². The molecular formula is C46H66BrN15O9S2. The largest absolute Gasteiger partial charge is 0.480 e. The van der Waals surface area contributed by atoms with E-state index < -0.39 is 100 Å². The van der Waals surface area contributed by atoms with Gasteiger partial charge in [-0.25, -0.2) is 4.79 Å². The second-order valence-electron chi connectivity index (χ2n) is 17.3. The average molecular weight is 1120 g/mol. The van der Waals surface area contributed by atoms with Gasteiger partial charge in [0.05, 0.1) is 12.6 Å². The summed E-state index contributed by atoms with van der Waals surface area (Å²) >= 11 is 11.8. The smallest absolute Gasteiger partial charge is 0.327 e. The van der Waals surface area contributed by atoms with Crippen molar-refractivity contribution < 1.29 is 43.5 Å². The molecule has 1 fully saturated rings. The topological polar surface area (TPSA) is 403 Å². The van der Waals surface area contributed by atoms with Crippen LogP contribution in [0.4, 0.5) is 0 Å². The number of carboxylic acids is 1. The van der Waals surface area contributed by atoms with Crippen molar-refractivity contribution in [2.75, 3.05) is 31.1 Å². The molecule has 24 nitrogen and oxygen atoms in total. The number of nitrogens with zero attached hydrogens (tertiary/aromatic N) is 3. The molecule has 27 heteroatoms. The number of benzene rings is 2. The van der Waals surface area contributed by atoms with Gasteiger partial charge < -0.3 is 75.6 Å². The molecule has 1 aliphatic rings. The second kappa shape index (κ2) is 29.2. The summed E-state index contributed by atoms with van der Waals surface area (Å²) < 4.78 is 0. The number of aromatic amines is 1. The highest BCUT2D eigenvalue weighted by atomic mass is 79.9. The van der Waals surface area contributed by atoms with Crippen molar-refractivity contribution >= 4 is 111 Å². The number of hydrogen-bond donors (Lipinski definition) is 15. The van der Waals surface area contributed by atoms with Crippen molar-refractivity contribution in [1.29, 1.82) is 0 Å². The van der Waals surface area contributed by atoms with Gasteiger partial charge in [0.25, 0.3) is 0 Å². The molecule has 3 aromatic rings. The molecule has 7 amide bonds. The maximum Gasteiger partial charge on any atom is 0.327 e. The van der Waals surface area contributed by atoms with E-state index in [1.54, 1.807) is 42.6 Å². The lowest BCUT2D eigenvalue weighted by Crippen LogP contribution is -2.60. The van der Waals surface area contributed by atoms with Crippen LogP contribution < -0.4 is 60.6 Å². The number of H-pyrrole nitrogens is 1. The summed E-state index contributed by atoms with van der Waals surface area (Å²) in [4.78, 5) is 121. The number of rotatable bonds is 28. The van der Waals surface area contributed by atoms with Crippen LogP contribution in [0.2, 0.25) is 0 Å². The lowest BCUT2D eigenvalue weighted by molar-refractivity contribution is -0.142. The molecule has 0 spiro atoms. The molecule has 0 saturated carbocycles. The standard InChI is InChI=1S/C46H66BrN15O9S2/c1-24(56-41(67)34(22-72)60-37(63)29(48)12-7-15-53-45(49)50)43(69)62-16-8-14-36(62)42(68)59-31(17-25-9-3-2-4-10-25)38(64)58-33(19-27(47)21-55-46(51)52)40(66)57-32(39(65)61-35(23-73)44(70)71)18-26-20-54-30-13-6-5-11-28(26)30/h2-6,9-11,13,20,24,27,29,31-36,54,72-73H,7-8,12,14-19,21-23,48H2,1H3,(H,56,67)(H,57,66)(H,58,64)(H,59,68)(H,60,63)(H,61,65)(H,70,71)(H4,49,50,53)(H4,51,52,55)/t24-,27?,29+,31-,32+,33+,34+,35+,36+/m1/s1. The number of nitrogens with two attached hydrogens (primary N) is 5. The molecule has 1 aliphatic heterocycles. The van der Waals surface area contributed by atoms with Crippen LogP contribution in [0.3, 0.4) is 0 Å². The van der Waals surface area contributed by atoms with E-state index in [0.717, 1.165) is 10.9 Å². The van der Waals surface area contributed by atoms with Gasteiger partial charge in [0, 0.05) is 59.4 Å². The summed E-state index contributed by atoms with van der Waals surface area (Å²) in [6, 6.07) is 6.10. The number of para-hydroxylation sites is 1. The van der Waals surface area contributed by atoms with Gasteiger partial charge in [-0.2, -0.15) is 25.3 Å². The zero-order valence-electron chi connectivity index (χ0n) is 40.2. The fourth-order valence-corrected chi connectivity index (χ4v) is 8.90. The van der Waals surface area contributed by atoms with Crippen molar-refractivity contribution in [2.45, 2.75) is 105 Å². The summed E-state index contributed by atoms with van der Waals surface area (Å²) in [6.45, 7) is 1.80. The molecule has 9 atom stereocenters. The molecule has 73 heavy (non-hydrogen) atoms. The number of likely N-dealkylation sites (tertiary alicyclic amines) is 1. The summed E-state index contributed by atoms with van der Waals surface area (Å²) in [5.41, 5.74) is 29.8. The predicted molar refractivity (Wildman–Crippen MR) is 285 cm³/mol. The molecular weight excluding hydrogens is 1050 g/mol. The molecule has 1 unspecified atom stereocenters. The first-order valence-corrected chi connectivity index (χ1v) is 25.6. The van der Waals surface area contributed by atoms with E-state index in [9.17, 15) is 43.5 Å². The van der Waals surface area contributed by atoms with Crippen LogP contribution in [-0.2, 0) is 51.2 Å². The lowest BCUT2D eigenvalue weighted by Gasteiger charge is -2.30. The van der Waals surface area contributed by atoms with Crippen molar-refractivity contribution in [2.24, 2.45) is 38.7 Å². The van der Waals surface area contributed by atoms with E-state index in [1.807, 2.05) is 18.2 Å². The Balaban J connectivity index is 1.55. The number of halogens is 1. The number of amides is 7. The summed E-state index contributed by atoms with van der Waals surface area (Å²) in [6.07, 6.45) is 2.62. The van der Waals surface area contributed by atoms with E-state index >= 15 is 0 Å². The molecule has 2 heterocycles. The molecule has 1 aromatic heterocycles. The van der Waals surface area contributed by atoms with Crippen LogP contribution in [0.1, 0.15) is 50.2 Å². The number of nitrogens with one attached hydrogen (secondary N) is 7. The second-order valence-corrected chi connectivity index (χ2v) is 19.4. The van der Waals surface area contributed by atoms with E-state index in [-0.39, 0.29) is 75.2 Å². The number of aliphatic carboxylic acids is 1. The predicted octanol–water partition coefficient (Wildman–Crippen LogP) is -2.38. The average Bonchev–Trinajstić information content (AvgIpc) is 4.02. The Labute approximate surface area is 441 Å². The Morgan fingerprint density at radius 2 is 1.33 bits per heavy atom. The highest BCUT2D eigenvalue weighted by Crippen LogP contribution is 2.21. The van der Waals surface area contributed by atoms with Gasteiger partial charge in [0.15, 0.2) is 11.9 Å². The summed E-state index contributed by atoms with van der Waals surface area (Å²) in [5.74, 6) is -7.16. The minimum atomic E-state index is -1.41. The Hall–Kier alpha value is -6.58. The summed E-state index contributed by atoms with van der Waals surface area (Å²) in [5, 5.41) is 26.3. The van der Waals surface area contributed by atoms with Crippen LogP contribution in [-0.4, -0.2) is 159 Å². The minimum absolute atomic E-state index is 0.0288. The first-order chi connectivity index (χ1) is 34.7. The minimum Gasteiger partial charge on any atom is -0.480 e. The normalized spacial score (nSPS) is 16.5. The SMILES string of the molecule is C[C@@H](NC(=O)[C@H](CS)NC(=O)[C@@H](N)CCCN=C(N)N)C(=O)N1CCC[C@H]1C(=O)N[C@H](Cc1ccccc1)C(=O)N[C@@H](CC(Br)CN=C(N)N)C(=O)N[C@@H](Cc1c[nH]c2ccccc12)C(=O)N[C@@H](CS)C(=O)O. The van der Waals surface area contributed by atoms with Crippen LogP contribution >= 0.6 is 41.2 Å². The number of aliphatic imine (C=N–C) groups is 2. The van der Waals surface area contributed by atoms with Gasteiger partial charge in [-0.05, 0) is 56.2 Å². The van der Waals surface area contributed by atoms with Crippen LogP contribution in [0.15, 0.2) is 70.8 Å². The zero-order chi connectivity index (χ0) is 53.8. The van der Waals surface area contributed by atoms with E-state index in [1.165, 1.54) is 11.8 Å². The van der Waals surface area contributed by atoms with Crippen LogP contribution in [0.25, 0.3) is 10.9 Å². The number of alkyl halides is 1. The molecule has 398 valence electrons. The van der Waals surface area contributed by atoms with Crippen LogP contribution in [0, 0.1) is 0 Å². The highest BCUT2D eigenvalue weighted by Gasteiger charge is 2.39. The zero-order valence-corrected chi connectivity index (χ0v) is 43.5. The molecule has 18 N–H and O–H groups in total. The van der Waals surface area contributed by atoms with Gasteiger partial charge in [0.1, 0.15) is 42.3 Å². The maximum atomic E-state index is 14.6. The number of fused-ring (bicyclic) bond motifs is 1. The van der Waals surface area contributed by atoms with Crippen molar-refractivity contribution in [3.8, 4) is 0 Å². The van der Waals surface area contributed by atoms with Gasteiger partial charge in [-0.3, -0.25) is 43.5 Å². The van der Waals surface area contributed by atoms with Gasteiger partial charge >= 0.3 is 5.97 Å². The number of carbonyl (C=O) groups is 8. The molecule has 0 aliphatic carbocycles. The van der Waals surface area contributed by atoms with Gasteiger partial charge in [-0.15, -0.1) is 0 Å². The van der Waals surface area contributed by atoms with E-state index in [2.05, 4.69) is 88.1 Å². The highest BCUT2D eigenvalue weighted by molar-refractivity contribution is 9.09. The third-order valence-corrected chi connectivity index (χ3v) is 13.1. The molecule has 0 bridgehead atoms. The Morgan fingerprint density at radius 1 is 0.753 bits per heavy atom. The fraction of sp³-hybridized carbons (Fsp3) is 0.478. The number of guanidine groups is 2. The monoisotopic (exact) mass is 1120 g/mol. The number of hydrogen-bond acceptors (Lipinski definition) is 13. The molecule has 4 rings (SSSR count). The fourth-order valence-electron chi connectivity index (χ4n) is 7.88.